The Morgan fingerprint density at radius 2 is 2.00 bits per heavy atom. The highest BCUT2D eigenvalue weighted by atomic mass is 16.4. The van der Waals surface area contributed by atoms with Crippen molar-refractivity contribution in [1.29, 1.82) is 0 Å². The van der Waals surface area contributed by atoms with Crippen LogP contribution in [-0.4, -0.2) is 22.5 Å². The Hall–Kier alpha value is -2.92. The minimum atomic E-state index is -1.17. The second-order valence-corrected chi connectivity index (χ2v) is 7.61. The van der Waals surface area contributed by atoms with Gasteiger partial charge in [-0.05, 0) is 85.7 Å². The van der Waals surface area contributed by atoms with Crippen LogP contribution in [0.4, 0.5) is 0 Å². The molecule has 1 aliphatic rings. The van der Waals surface area contributed by atoms with Gasteiger partial charge in [-0.2, -0.15) is 0 Å². The fraction of sp³-hybridized carbons (Fsp3) is 0.304. The minimum absolute atomic E-state index is 0.156. The third-order valence-electron chi connectivity index (χ3n) is 5.79. The van der Waals surface area contributed by atoms with Crippen LogP contribution >= 0.6 is 0 Å². The molecule has 1 aliphatic carbocycles. The topological polar surface area (TPSA) is 70.8 Å². The first-order valence-electron chi connectivity index (χ1n) is 9.62. The van der Waals surface area contributed by atoms with Crippen LogP contribution < -0.4 is 10.9 Å². The summed E-state index contributed by atoms with van der Waals surface area (Å²) in [5, 5.41) is 12.7. The van der Waals surface area contributed by atoms with Gasteiger partial charge < -0.3 is 10.4 Å². The second kappa shape index (κ2) is 6.91. The summed E-state index contributed by atoms with van der Waals surface area (Å²) in [5.41, 5.74) is 5.55. The van der Waals surface area contributed by atoms with E-state index in [0.29, 0.717) is 5.92 Å². The molecule has 1 saturated carbocycles. The van der Waals surface area contributed by atoms with E-state index in [9.17, 15) is 14.7 Å². The maximum absolute atomic E-state index is 12.7. The van der Waals surface area contributed by atoms with Gasteiger partial charge >= 0.3 is 5.97 Å². The quantitative estimate of drug-likeness (QED) is 0.702. The van der Waals surface area contributed by atoms with Crippen LogP contribution in [0.15, 0.2) is 47.4 Å². The lowest BCUT2D eigenvalue weighted by molar-refractivity contribution is 0.0694. The van der Waals surface area contributed by atoms with Gasteiger partial charge in [0, 0.05) is 12.2 Å². The molecule has 5 heteroatoms. The molecule has 0 amide bonds. The number of hydrogen-bond acceptors (Lipinski definition) is 3. The molecule has 1 aromatic carbocycles. The fourth-order valence-electron chi connectivity index (χ4n) is 3.91. The van der Waals surface area contributed by atoms with Gasteiger partial charge in [-0.1, -0.05) is 18.2 Å². The van der Waals surface area contributed by atoms with Crippen molar-refractivity contribution >= 4 is 11.5 Å². The lowest BCUT2D eigenvalue weighted by Crippen LogP contribution is -2.23. The third-order valence-corrected chi connectivity index (χ3v) is 5.79. The van der Waals surface area contributed by atoms with Gasteiger partial charge in [-0.15, -0.1) is 0 Å². The number of nitrogens with zero attached hydrogens (tertiary/aromatic N) is 1. The number of carboxylic acids is 1. The van der Waals surface area contributed by atoms with Crippen LogP contribution in [0.1, 0.15) is 58.8 Å². The number of carbonyl (C=O) groups is 1. The summed E-state index contributed by atoms with van der Waals surface area (Å²) in [7, 11) is 1.94. The molecule has 0 radical (unpaired) electrons. The lowest BCUT2D eigenvalue weighted by atomic mass is 9.94. The summed E-state index contributed by atoms with van der Waals surface area (Å²) in [6.45, 7) is 4.13. The monoisotopic (exact) mass is 376 g/mol. The summed E-state index contributed by atoms with van der Waals surface area (Å²) in [4.78, 5) is 24.3. The van der Waals surface area contributed by atoms with Crippen LogP contribution in [0.25, 0.3) is 16.6 Å². The van der Waals surface area contributed by atoms with Gasteiger partial charge in [-0.3, -0.25) is 9.20 Å². The van der Waals surface area contributed by atoms with Gasteiger partial charge in [0.15, 0.2) is 0 Å². The molecule has 0 saturated heterocycles. The van der Waals surface area contributed by atoms with Crippen molar-refractivity contribution < 1.29 is 9.90 Å². The molecule has 2 aromatic heterocycles. The molecule has 0 bridgehead atoms. The number of nitrogens with one attached hydrogen (secondary N) is 1. The predicted octanol–water partition coefficient (Wildman–Crippen LogP) is 4.13. The van der Waals surface area contributed by atoms with Gasteiger partial charge in [0.25, 0.3) is 5.56 Å². The maximum atomic E-state index is 12.7. The number of aromatic carboxylic acids is 1. The average Bonchev–Trinajstić information content (AvgIpc) is 3.53. The number of benzene rings is 1. The second-order valence-electron chi connectivity index (χ2n) is 7.61. The molecule has 0 spiro atoms. The van der Waals surface area contributed by atoms with Crippen molar-refractivity contribution in [3.8, 4) is 11.1 Å². The Balaban J connectivity index is 1.97. The van der Waals surface area contributed by atoms with Crippen LogP contribution in [0, 0.1) is 6.92 Å². The van der Waals surface area contributed by atoms with E-state index >= 15 is 0 Å². The van der Waals surface area contributed by atoms with E-state index in [2.05, 4.69) is 30.4 Å². The molecule has 5 nitrogen and oxygen atoms in total. The molecule has 1 atom stereocenters. The third kappa shape index (κ3) is 3.02. The average molecular weight is 376 g/mol. The van der Waals surface area contributed by atoms with Crippen LogP contribution in [0.3, 0.4) is 0 Å². The summed E-state index contributed by atoms with van der Waals surface area (Å²) in [6, 6.07) is 12.1. The van der Waals surface area contributed by atoms with Crippen molar-refractivity contribution in [2.45, 2.75) is 38.6 Å². The molecule has 1 unspecified atom stereocenters. The van der Waals surface area contributed by atoms with E-state index in [1.165, 1.54) is 9.96 Å². The van der Waals surface area contributed by atoms with Crippen LogP contribution in [-0.2, 0) is 0 Å². The number of fused-ring (bicyclic) bond motifs is 1. The first kappa shape index (κ1) is 18.4. The van der Waals surface area contributed by atoms with E-state index in [-0.39, 0.29) is 11.6 Å². The Morgan fingerprint density at radius 1 is 1.25 bits per heavy atom. The first-order valence-corrected chi connectivity index (χ1v) is 9.62. The molecule has 1 fully saturated rings. The zero-order valence-electron chi connectivity index (χ0n) is 16.3. The van der Waals surface area contributed by atoms with Gasteiger partial charge in [0.1, 0.15) is 5.56 Å². The number of carboxylic acid groups (broad SMARTS) is 1. The highest BCUT2D eigenvalue weighted by molar-refractivity contribution is 5.89. The maximum Gasteiger partial charge on any atom is 0.341 e. The Bertz CT molecular complexity index is 1140. The summed E-state index contributed by atoms with van der Waals surface area (Å²) in [5.74, 6) is -0.838. The fourth-order valence-corrected chi connectivity index (χ4v) is 3.91. The van der Waals surface area contributed by atoms with Gasteiger partial charge in [-0.25, -0.2) is 4.79 Å². The molecule has 2 heterocycles. The standard InChI is InChI=1S/C23H24N2O3/c1-13-18(17-6-4-5-16(11-17)14(2)24-3)9-10-25-21(13)19(15-7-8-15)12-20(22(25)26)23(27)28/h4-6,9-12,14-15,24H,7-8H2,1-3H3,(H,27,28). The number of pyridine rings is 2. The largest absolute Gasteiger partial charge is 0.477 e. The number of hydrogen-bond donors (Lipinski definition) is 2. The van der Waals surface area contributed by atoms with Crippen molar-refractivity contribution in [2.75, 3.05) is 7.05 Å². The molecule has 28 heavy (non-hydrogen) atoms. The smallest absolute Gasteiger partial charge is 0.341 e. The molecule has 144 valence electrons. The first-order chi connectivity index (χ1) is 13.4. The number of aryl methyl sites for hydroxylation is 1. The normalized spacial score (nSPS) is 15.0. The van der Waals surface area contributed by atoms with E-state index in [4.69, 9.17) is 0 Å². The van der Waals surface area contributed by atoms with Crippen molar-refractivity contribution in [3.63, 3.8) is 0 Å². The van der Waals surface area contributed by atoms with E-state index in [1.807, 2.05) is 26.1 Å². The van der Waals surface area contributed by atoms with Gasteiger partial charge in [0.2, 0.25) is 0 Å². The van der Waals surface area contributed by atoms with Crippen LogP contribution in [0.5, 0.6) is 0 Å². The Labute approximate surface area is 163 Å². The summed E-state index contributed by atoms with van der Waals surface area (Å²) in [6.07, 6.45) is 3.78. The SMILES string of the molecule is CNC(C)c1cccc(-c2ccn3c(=O)c(C(=O)O)cc(C4CC4)c3c2C)c1. The number of rotatable bonds is 5. The summed E-state index contributed by atoms with van der Waals surface area (Å²) < 4.78 is 1.51. The zero-order chi connectivity index (χ0) is 20.0. The van der Waals surface area contributed by atoms with E-state index in [1.54, 1.807) is 12.3 Å². The Morgan fingerprint density at radius 3 is 2.64 bits per heavy atom. The van der Waals surface area contributed by atoms with Crippen LogP contribution in [0.2, 0.25) is 0 Å². The highest BCUT2D eigenvalue weighted by Gasteiger charge is 2.29. The number of aromatic nitrogens is 1. The van der Waals surface area contributed by atoms with E-state index in [0.717, 1.165) is 40.6 Å². The molecule has 0 aliphatic heterocycles. The molecule has 3 aromatic rings. The van der Waals surface area contributed by atoms with Crippen molar-refractivity contribution in [3.05, 3.63) is 75.2 Å². The minimum Gasteiger partial charge on any atom is -0.477 e. The van der Waals surface area contributed by atoms with Crippen molar-refractivity contribution in [2.24, 2.45) is 0 Å². The highest BCUT2D eigenvalue weighted by Crippen LogP contribution is 2.43. The lowest BCUT2D eigenvalue weighted by Gasteiger charge is -2.17. The zero-order valence-corrected chi connectivity index (χ0v) is 16.3. The molecular weight excluding hydrogens is 352 g/mol. The predicted molar refractivity (Wildman–Crippen MR) is 110 cm³/mol. The van der Waals surface area contributed by atoms with E-state index < -0.39 is 11.5 Å². The molecule has 4 rings (SSSR count). The van der Waals surface area contributed by atoms with Gasteiger partial charge in [0.05, 0.1) is 5.52 Å². The molecular formula is C23H24N2O3. The Kier molecular flexibility index (Phi) is 4.55. The molecule has 2 N–H and O–H groups in total. The van der Waals surface area contributed by atoms with Crippen molar-refractivity contribution in [1.82, 2.24) is 9.72 Å². The summed E-state index contributed by atoms with van der Waals surface area (Å²) >= 11 is 0.